The molecule has 1 aromatic carbocycles. The van der Waals surface area contributed by atoms with Crippen LogP contribution in [0.5, 0.6) is 11.5 Å². The van der Waals surface area contributed by atoms with Gasteiger partial charge in [0.25, 0.3) is 0 Å². The highest BCUT2D eigenvalue weighted by Gasteiger charge is 2.19. The zero-order chi connectivity index (χ0) is 16.3. The monoisotopic (exact) mass is 319 g/mol. The minimum Gasteiger partial charge on any atom is -0.500 e. The van der Waals surface area contributed by atoms with Gasteiger partial charge in [0, 0.05) is 10.9 Å². The lowest BCUT2D eigenvalue weighted by molar-refractivity contribution is -0.386. The van der Waals surface area contributed by atoms with Gasteiger partial charge >= 0.3 is 5.69 Å². The van der Waals surface area contributed by atoms with Crippen molar-refractivity contribution in [3.63, 3.8) is 0 Å². The number of rotatable bonds is 5. The lowest BCUT2D eigenvalue weighted by Gasteiger charge is -2.05. The van der Waals surface area contributed by atoms with E-state index in [1.165, 1.54) is 42.7 Å². The summed E-state index contributed by atoms with van der Waals surface area (Å²) in [6, 6.07) is 6.18. The van der Waals surface area contributed by atoms with Crippen LogP contribution < -0.4 is 4.74 Å². The third-order valence-corrected chi connectivity index (χ3v) is 3.92. The highest BCUT2D eigenvalue weighted by Crippen LogP contribution is 2.37. The molecule has 0 atom stereocenters. The summed E-state index contributed by atoms with van der Waals surface area (Å²) in [5.41, 5.74) is -0.0820. The van der Waals surface area contributed by atoms with Gasteiger partial charge in [0.15, 0.2) is 11.5 Å². The summed E-state index contributed by atoms with van der Waals surface area (Å²) in [4.78, 5) is 23.8. The summed E-state index contributed by atoms with van der Waals surface area (Å²) in [6.07, 6.45) is 2.78. The van der Waals surface area contributed by atoms with Gasteiger partial charge in [0.1, 0.15) is 0 Å². The third-order valence-electron chi connectivity index (χ3n) is 2.90. The molecule has 0 bridgehead atoms. The van der Waals surface area contributed by atoms with Crippen molar-refractivity contribution in [2.75, 3.05) is 7.11 Å². The fourth-order valence-electron chi connectivity index (χ4n) is 1.83. The second-order valence-electron chi connectivity index (χ2n) is 4.46. The van der Waals surface area contributed by atoms with Gasteiger partial charge in [0.05, 0.1) is 16.9 Å². The molecule has 0 saturated heterocycles. The number of ether oxygens (including phenoxy) is 1. The largest absolute Gasteiger partial charge is 0.500 e. The van der Waals surface area contributed by atoms with E-state index in [0.29, 0.717) is 10.4 Å². The zero-order valence-electron chi connectivity index (χ0n) is 11.9. The molecule has 1 aromatic heterocycles. The number of aryl methyl sites for hydroxylation is 1. The van der Waals surface area contributed by atoms with Gasteiger partial charge in [0.2, 0.25) is 5.75 Å². The molecule has 0 unspecified atom stereocenters. The first-order valence-electron chi connectivity index (χ1n) is 6.26. The van der Waals surface area contributed by atoms with Crippen LogP contribution in [0.2, 0.25) is 0 Å². The Morgan fingerprint density at radius 2 is 2.14 bits per heavy atom. The molecule has 1 heterocycles. The third kappa shape index (κ3) is 3.32. The molecule has 2 aromatic rings. The van der Waals surface area contributed by atoms with Gasteiger partial charge in [-0.25, -0.2) is 0 Å². The van der Waals surface area contributed by atoms with Crippen molar-refractivity contribution in [3.8, 4) is 11.5 Å². The first-order valence-corrected chi connectivity index (χ1v) is 7.08. The van der Waals surface area contributed by atoms with Crippen LogP contribution in [0.15, 0.2) is 30.3 Å². The lowest BCUT2D eigenvalue weighted by atomic mass is 10.1. The van der Waals surface area contributed by atoms with Crippen LogP contribution in [-0.4, -0.2) is 22.9 Å². The first-order chi connectivity index (χ1) is 10.4. The van der Waals surface area contributed by atoms with Crippen molar-refractivity contribution in [1.82, 2.24) is 0 Å². The van der Waals surface area contributed by atoms with Crippen molar-refractivity contribution >= 4 is 28.9 Å². The highest BCUT2D eigenvalue weighted by molar-refractivity contribution is 7.14. The summed E-state index contributed by atoms with van der Waals surface area (Å²) in [6.45, 7) is 1.90. The van der Waals surface area contributed by atoms with E-state index in [2.05, 4.69) is 0 Å². The number of aromatic hydroxyl groups is 1. The number of allylic oxidation sites excluding steroid dienone is 1. The number of hydrogen-bond donors (Lipinski definition) is 1. The predicted molar refractivity (Wildman–Crippen MR) is 83.7 cm³/mol. The maximum Gasteiger partial charge on any atom is 0.315 e. The van der Waals surface area contributed by atoms with Gasteiger partial charge in [-0.3, -0.25) is 14.9 Å². The number of ketones is 1. The van der Waals surface area contributed by atoms with E-state index in [-0.39, 0.29) is 11.5 Å². The second-order valence-corrected chi connectivity index (χ2v) is 5.74. The Morgan fingerprint density at radius 1 is 1.41 bits per heavy atom. The average Bonchev–Trinajstić information content (AvgIpc) is 2.92. The molecule has 6 nitrogen and oxygen atoms in total. The number of nitrogens with zero attached hydrogens (tertiary/aromatic N) is 1. The summed E-state index contributed by atoms with van der Waals surface area (Å²) in [7, 11) is 1.30. The van der Waals surface area contributed by atoms with Gasteiger partial charge in [-0.15, -0.1) is 11.3 Å². The van der Waals surface area contributed by atoms with Crippen LogP contribution in [0.4, 0.5) is 5.69 Å². The summed E-state index contributed by atoms with van der Waals surface area (Å²) in [5.74, 6) is -0.745. The van der Waals surface area contributed by atoms with Crippen LogP contribution in [0.25, 0.3) is 6.08 Å². The van der Waals surface area contributed by atoms with Gasteiger partial charge < -0.3 is 9.84 Å². The van der Waals surface area contributed by atoms with Crippen LogP contribution >= 0.6 is 11.3 Å². The SMILES string of the molecule is COc1cc(/C=C/C(=O)c2ccc(C)s2)cc([N+](=O)[O-])c1O. The molecule has 0 amide bonds. The molecule has 0 aliphatic rings. The van der Waals surface area contributed by atoms with E-state index in [1.54, 1.807) is 6.07 Å². The van der Waals surface area contributed by atoms with Crippen molar-refractivity contribution in [2.24, 2.45) is 0 Å². The highest BCUT2D eigenvalue weighted by atomic mass is 32.1. The summed E-state index contributed by atoms with van der Waals surface area (Å²) >= 11 is 1.38. The topological polar surface area (TPSA) is 89.7 Å². The Morgan fingerprint density at radius 3 is 2.68 bits per heavy atom. The quantitative estimate of drug-likeness (QED) is 0.394. The molecular weight excluding hydrogens is 306 g/mol. The van der Waals surface area contributed by atoms with Gasteiger partial charge in [-0.05, 0) is 36.8 Å². The standard InChI is InChI=1S/C15H13NO5S/c1-9-3-6-14(22-9)12(17)5-4-10-7-11(16(19)20)15(18)13(8-10)21-2/h3-8,18H,1-2H3/b5-4+. The molecule has 114 valence electrons. The fourth-order valence-corrected chi connectivity index (χ4v) is 2.61. The van der Waals surface area contributed by atoms with Crippen molar-refractivity contribution < 1.29 is 19.6 Å². The molecule has 0 fully saturated rings. The molecule has 0 aliphatic carbocycles. The van der Waals surface area contributed by atoms with E-state index in [9.17, 15) is 20.0 Å². The van der Waals surface area contributed by atoms with Crippen LogP contribution in [0, 0.1) is 17.0 Å². The van der Waals surface area contributed by atoms with Gasteiger partial charge in [-0.1, -0.05) is 6.08 Å². The molecule has 0 spiro atoms. The number of phenolic OH excluding ortho intramolecular Hbond substituents is 1. The normalized spacial score (nSPS) is 10.8. The number of carbonyl (C=O) groups excluding carboxylic acids is 1. The van der Waals surface area contributed by atoms with E-state index in [1.807, 2.05) is 13.0 Å². The molecule has 1 N–H and O–H groups in total. The molecule has 22 heavy (non-hydrogen) atoms. The van der Waals surface area contributed by atoms with Crippen LogP contribution in [-0.2, 0) is 0 Å². The van der Waals surface area contributed by atoms with Gasteiger partial charge in [-0.2, -0.15) is 0 Å². The Balaban J connectivity index is 2.33. The molecule has 0 saturated carbocycles. The van der Waals surface area contributed by atoms with Crippen molar-refractivity contribution in [1.29, 1.82) is 0 Å². The van der Waals surface area contributed by atoms with E-state index in [4.69, 9.17) is 4.74 Å². The van der Waals surface area contributed by atoms with E-state index in [0.717, 1.165) is 4.88 Å². The number of benzene rings is 1. The molecule has 7 heteroatoms. The molecule has 2 rings (SSSR count). The van der Waals surface area contributed by atoms with Crippen molar-refractivity contribution in [2.45, 2.75) is 6.92 Å². The summed E-state index contributed by atoms with van der Waals surface area (Å²) in [5, 5.41) is 20.6. The lowest BCUT2D eigenvalue weighted by Crippen LogP contribution is -1.94. The number of hydrogen-bond acceptors (Lipinski definition) is 6. The smallest absolute Gasteiger partial charge is 0.315 e. The summed E-state index contributed by atoms with van der Waals surface area (Å²) < 4.78 is 4.90. The fraction of sp³-hybridized carbons (Fsp3) is 0.133. The van der Waals surface area contributed by atoms with Crippen LogP contribution in [0.1, 0.15) is 20.1 Å². The number of nitro benzene ring substituents is 1. The minimum atomic E-state index is -0.709. The van der Waals surface area contributed by atoms with Crippen molar-refractivity contribution in [3.05, 3.63) is 55.8 Å². The Labute approximate surface area is 130 Å². The first kappa shape index (κ1) is 15.7. The predicted octanol–water partition coefficient (Wildman–Crippen LogP) is 3.58. The maximum atomic E-state index is 12.0. The number of carbonyl (C=O) groups is 1. The molecule has 0 radical (unpaired) electrons. The minimum absolute atomic E-state index is 0.0201. The number of thiophene rings is 1. The van der Waals surface area contributed by atoms with E-state index < -0.39 is 16.4 Å². The van der Waals surface area contributed by atoms with Crippen LogP contribution in [0.3, 0.4) is 0 Å². The van der Waals surface area contributed by atoms with E-state index >= 15 is 0 Å². The molecular formula is C15H13NO5S. The number of nitro groups is 1. The molecule has 0 aliphatic heterocycles. The zero-order valence-corrected chi connectivity index (χ0v) is 12.7. The number of methoxy groups -OCH3 is 1. The Kier molecular flexibility index (Phi) is 4.57. The number of phenols is 1. The Bertz CT molecular complexity index is 763. The average molecular weight is 319 g/mol. The second kappa shape index (κ2) is 6.40. The Hall–Kier alpha value is -2.67. The maximum absolute atomic E-state index is 12.0.